The fourth-order valence-corrected chi connectivity index (χ4v) is 6.14. The van der Waals surface area contributed by atoms with E-state index in [4.69, 9.17) is 10.7 Å². The highest BCUT2D eigenvalue weighted by Crippen LogP contribution is 2.32. The minimum absolute atomic E-state index is 0.0877. The van der Waals surface area contributed by atoms with Crippen molar-refractivity contribution in [3.63, 3.8) is 0 Å². The number of unbranched alkanes of at least 4 members (excludes halogenated alkanes) is 5. The van der Waals surface area contributed by atoms with Gasteiger partial charge in [0.2, 0.25) is 0 Å². The van der Waals surface area contributed by atoms with E-state index < -0.39 is 9.84 Å². The Kier molecular flexibility index (Phi) is 8.06. The van der Waals surface area contributed by atoms with Gasteiger partial charge in [-0.15, -0.1) is 0 Å². The molecule has 0 aliphatic carbocycles. The summed E-state index contributed by atoms with van der Waals surface area (Å²) in [6, 6.07) is 15.7. The van der Waals surface area contributed by atoms with Crippen LogP contribution in [0.4, 0.5) is 11.5 Å². The molecule has 182 valence electrons. The van der Waals surface area contributed by atoms with Gasteiger partial charge < -0.3 is 16.0 Å². The third-order valence-corrected chi connectivity index (χ3v) is 8.39. The molecule has 2 heterocycles. The molecule has 7 heteroatoms. The van der Waals surface area contributed by atoms with Crippen LogP contribution in [0.1, 0.15) is 49.7 Å². The number of benzene rings is 2. The number of nitrogens with zero attached hydrogens (tertiary/aromatic N) is 2. The number of hydrogen-bond acceptors (Lipinski definition) is 6. The van der Waals surface area contributed by atoms with Crippen molar-refractivity contribution in [2.24, 2.45) is 5.73 Å². The molecule has 0 saturated heterocycles. The van der Waals surface area contributed by atoms with Crippen molar-refractivity contribution in [3.05, 3.63) is 59.7 Å². The van der Waals surface area contributed by atoms with E-state index in [2.05, 4.69) is 41.4 Å². The molecule has 0 atom stereocenters. The van der Waals surface area contributed by atoms with E-state index in [1.165, 1.54) is 25.7 Å². The molecule has 6 nitrogen and oxygen atoms in total. The van der Waals surface area contributed by atoms with Gasteiger partial charge in [-0.05, 0) is 43.5 Å². The lowest BCUT2D eigenvalue weighted by Crippen LogP contribution is -2.26. The Morgan fingerprint density at radius 1 is 1.00 bits per heavy atom. The molecule has 0 radical (unpaired) electrons. The van der Waals surface area contributed by atoms with Crippen LogP contribution < -0.4 is 16.0 Å². The van der Waals surface area contributed by atoms with Crippen LogP contribution in [0.15, 0.2) is 53.4 Å². The van der Waals surface area contributed by atoms with Gasteiger partial charge in [0, 0.05) is 36.8 Å². The van der Waals surface area contributed by atoms with Gasteiger partial charge in [0.25, 0.3) is 0 Å². The molecule has 34 heavy (non-hydrogen) atoms. The summed E-state index contributed by atoms with van der Waals surface area (Å²) in [5.74, 6) is 0.905. The molecule has 3 aromatic rings. The molecule has 1 aliphatic rings. The molecule has 0 bridgehead atoms. The van der Waals surface area contributed by atoms with Gasteiger partial charge in [-0.2, -0.15) is 0 Å². The van der Waals surface area contributed by atoms with E-state index in [1.807, 2.05) is 12.1 Å². The Labute approximate surface area is 203 Å². The zero-order chi connectivity index (χ0) is 24.0. The largest absolute Gasteiger partial charge is 0.384 e. The predicted octanol–water partition coefficient (Wildman–Crippen LogP) is 5.05. The number of nitrogens with two attached hydrogens (primary N) is 1. The molecule has 3 N–H and O–H groups in total. The molecule has 0 amide bonds. The molecule has 0 spiro atoms. The molecular weight excluding hydrogens is 444 g/mol. The van der Waals surface area contributed by atoms with E-state index in [9.17, 15) is 8.42 Å². The normalized spacial score (nSPS) is 15.2. The number of hydrogen-bond donors (Lipinski definition) is 2. The maximum atomic E-state index is 12.8. The van der Waals surface area contributed by atoms with Crippen molar-refractivity contribution < 1.29 is 8.42 Å². The Hall–Kier alpha value is -2.64. The molecule has 4 rings (SSSR count). The third kappa shape index (κ3) is 5.70. The van der Waals surface area contributed by atoms with Crippen LogP contribution in [0, 0.1) is 6.92 Å². The predicted molar refractivity (Wildman–Crippen MR) is 141 cm³/mol. The van der Waals surface area contributed by atoms with Crippen molar-refractivity contribution in [3.8, 4) is 0 Å². The van der Waals surface area contributed by atoms with Crippen molar-refractivity contribution in [1.82, 2.24) is 4.98 Å². The van der Waals surface area contributed by atoms with Crippen LogP contribution in [0.2, 0.25) is 0 Å². The Bertz CT molecular complexity index is 1230. The minimum Gasteiger partial charge on any atom is -0.384 e. The first-order valence-electron chi connectivity index (χ1n) is 12.4. The lowest BCUT2D eigenvalue weighted by atomic mass is 10.1. The Balaban J connectivity index is 1.55. The number of fused-ring (bicyclic) bond motifs is 2. The zero-order valence-electron chi connectivity index (χ0n) is 20.1. The minimum atomic E-state index is -3.30. The topological polar surface area (TPSA) is 88.3 Å². The van der Waals surface area contributed by atoms with E-state index in [0.29, 0.717) is 18.0 Å². The van der Waals surface area contributed by atoms with E-state index in [1.54, 1.807) is 12.1 Å². The summed E-state index contributed by atoms with van der Waals surface area (Å²) in [6.45, 7) is 4.71. The van der Waals surface area contributed by atoms with Crippen LogP contribution in [-0.2, 0) is 16.4 Å². The third-order valence-electron chi connectivity index (χ3n) is 6.60. The number of sulfone groups is 1. The zero-order valence-corrected chi connectivity index (χ0v) is 20.9. The average molecular weight is 481 g/mol. The van der Waals surface area contributed by atoms with Crippen LogP contribution in [0.25, 0.3) is 10.9 Å². The second-order valence-corrected chi connectivity index (χ2v) is 11.3. The molecule has 0 fully saturated rings. The average Bonchev–Trinajstić information content (AvgIpc) is 2.97. The highest BCUT2D eigenvalue weighted by molar-refractivity contribution is 7.91. The lowest BCUT2D eigenvalue weighted by Gasteiger charge is -2.23. The van der Waals surface area contributed by atoms with Crippen LogP contribution >= 0.6 is 0 Å². The first-order valence-corrected chi connectivity index (χ1v) is 14.0. The maximum absolute atomic E-state index is 12.8. The number of anilines is 2. The molecule has 2 aromatic carbocycles. The van der Waals surface area contributed by atoms with Crippen molar-refractivity contribution in [2.75, 3.05) is 35.6 Å². The fourth-order valence-electron chi connectivity index (χ4n) is 4.64. The first-order chi connectivity index (χ1) is 16.5. The SMILES string of the molecule is Cc1cccc2c(NCCCCCCCCN)cc(N3CCS(=O)(=O)c4ccccc4C3)nc12. The highest BCUT2D eigenvalue weighted by atomic mass is 32.2. The summed E-state index contributed by atoms with van der Waals surface area (Å²) in [5, 5.41) is 4.75. The fraction of sp³-hybridized carbons (Fsp3) is 0.444. The van der Waals surface area contributed by atoms with Gasteiger partial charge >= 0.3 is 0 Å². The molecule has 1 aromatic heterocycles. The molecule has 1 aliphatic heterocycles. The first kappa shape index (κ1) is 24.5. The number of para-hydroxylation sites is 1. The molecular formula is C27H36N4O2S. The van der Waals surface area contributed by atoms with Crippen molar-refractivity contribution in [2.45, 2.75) is 56.9 Å². The number of pyridine rings is 1. The van der Waals surface area contributed by atoms with Crippen molar-refractivity contribution in [1.29, 1.82) is 0 Å². The summed E-state index contributed by atoms with van der Waals surface area (Å²) >= 11 is 0. The lowest BCUT2D eigenvalue weighted by molar-refractivity contribution is 0.596. The van der Waals surface area contributed by atoms with Gasteiger partial charge in [-0.3, -0.25) is 0 Å². The Morgan fingerprint density at radius 3 is 2.59 bits per heavy atom. The summed E-state index contributed by atoms with van der Waals surface area (Å²) in [5.41, 5.74) is 9.54. The monoisotopic (exact) mass is 480 g/mol. The summed E-state index contributed by atoms with van der Waals surface area (Å²) in [6.07, 6.45) is 7.14. The number of nitrogens with one attached hydrogen (secondary N) is 1. The second-order valence-electron chi connectivity index (χ2n) is 9.18. The number of aromatic nitrogens is 1. The second kappa shape index (κ2) is 11.2. The van der Waals surface area contributed by atoms with Gasteiger partial charge in [0.15, 0.2) is 9.84 Å². The molecule has 0 unspecified atom stereocenters. The van der Waals surface area contributed by atoms with Crippen LogP contribution in [0.3, 0.4) is 0 Å². The summed E-state index contributed by atoms with van der Waals surface area (Å²) in [7, 11) is -3.30. The van der Waals surface area contributed by atoms with Gasteiger partial charge in [-0.1, -0.05) is 62.1 Å². The highest BCUT2D eigenvalue weighted by Gasteiger charge is 2.26. The van der Waals surface area contributed by atoms with Crippen LogP contribution in [0.5, 0.6) is 0 Å². The summed E-state index contributed by atoms with van der Waals surface area (Å²) < 4.78 is 25.6. The maximum Gasteiger partial charge on any atom is 0.180 e. The summed E-state index contributed by atoms with van der Waals surface area (Å²) in [4.78, 5) is 7.53. The van der Waals surface area contributed by atoms with Gasteiger partial charge in [-0.25, -0.2) is 13.4 Å². The van der Waals surface area contributed by atoms with E-state index in [-0.39, 0.29) is 5.75 Å². The number of aryl methyl sites for hydroxylation is 1. The standard InChI is InChI=1S/C27H36N4O2S/c1-21-11-10-13-23-24(29-16-9-5-3-2-4-8-15-28)19-26(30-27(21)23)31-17-18-34(32,33)25-14-7-6-12-22(25)20-31/h6-7,10-14,19H,2-5,8-9,15-18,20,28H2,1H3,(H,29,30). The quantitative estimate of drug-likeness (QED) is 0.395. The number of rotatable bonds is 10. The van der Waals surface area contributed by atoms with E-state index >= 15 is 0 Å². The van der Waals surface area contributed by atoms with Gasteiger partial charge in [0.1, 0.15) is 5.82 Å². The molecule has 0 saturated carbocycles. The van der Waals surface area contributed by atoms with E-state index in [0.717, 1.165) is 59.5 Å². The Morgan fingerprint density at radius 2 is 1.76 bits per heavy atom. The van der Waals surface area contributed by atoms with Gasteiger partial charge in [0.05, 0.1) is 16.2 Å². The van der Waals surface area contributed by atoms with Crippen molar-refractivity contribution >= 4 is 32.2 Å². The van der Waals surface area contributed by atoms with Crippen LogP contribution in [-0.4, -0.2) is 38.8 Å². The smallest absolute Gasteiger partial charge is 0.180 e.